The van der Waals surface area contributed by atoms with Crippen molar-refractivity contribution in [1.82, 2.24) is 4.72 Å². The van der Waals surface area contributed by atoms with E-state index in [-0.39, 0.29) is 16.6 Å². The lowest BCUT2D eigenvalue weighted by Gasteiger charge is -2.23. The van der Waals surface area contributed by atoms with Gasteiger partial charge in [0.25, 0.3) is 0 Å². The van der Waals surface area contributed by atoms with E-state index < -0.39 is 21.3 Å². The first kappa shape index (κ1) is 19.0. The van der Waals surface area contributed by atoms with Crippen LogP contribution in [0.25, 0.3) is 0 Å². The molecule has 0 spiro atoms. The molecule has 0 aromatic heterocycles. The normalized spacial score (nSPS) is 17.3. The Morgan fingerprint density at radius 2 is 2.04 bits per heavy atom. The summed E-state index contributed by atoms with van der Waals surface area (Å²) in [5.41, 5.74) is 0.254. The van der Waals surface area contributed by atoms with Gasteiger partial charge in [0.15, 0.2) is 0 Å². The molecular weight excluding hydrogens is 356 g/mol. The number of carbonyl (C=O) groups excluding carboxylic acids is 1. The van der Waals surface area contributed by atoms with E-state index in [1.807, 2.05) is 0 Å². The smallest absolute Gasteiger partial charge is 0.242 e. The van der Waals surface area contributed by atoms with Crippen LogP contribution in [0.1, 0.15) is 19.8 Å². The van der Waals surface area contributed by atoms with E-state index in [9.17, 15) is 13.2 Å². The Balaban J connectivity index is 2.24. The highest BCUT2D eigenvalue weighted by atomic mass is 35.5. The van der Waals surface area contributed by atoms with Crippen LogP contribution in [0.15, 0.2) is 23.1 Å². The summed E-state index contributed by atoms with van der Waals surface area (Å²) in [6.45, 7) is 2.59. The zero-order chi connectivity index (χ0) is 17.7. The second kappa shape index (κ2) is 8.15. The third-order valence-electron chi connectivity index (χ3n) is 3.64. The van der Waals surface area contributed by atoms with Crippen molar-refractivity contribution in [2.24, 2.45) is 0 Å². The molecule has 24 heavy (non-hydrogen) atoms. The van der Waals surface area contributed by atoms with Crippen LogP contribution in [0.3, 0.4) is 0 Å². The summed E-state index contributed by atoms with van der Waals surface area (Å²) < 4.78 is 38.1. The first-order valence-electron chi connectivity index (χ1n) is 7.56. The number of hydrogen-bond donors (Lipinski definition) is 2. The van der Waals surface area contributed by atoms with Crippen molar-refractivity contribution in [3.8, 4) is 5.75 Å². The van der Waals surface area contributed by atoms with E-state index in [4.69, 9.17) is 21.1 Å². The number of halogens is 1. The third kappa shape index (κ3) is 4.83. The Hall–Kier alpha value is -1.35. The van der Waals surface area contributed by atoms with Gasteiger partial charge in [-0.3, -0.25) is 4.79 Å². The number of alkyl halides is 1. The van der Waals surface area contributed by atoms with Crippen LogP contribution in [-0.4, -0.2) is 46.1 Å². The average molecular weight is 377 g/mol. The van der Waals surface area contributed by atoms with E-state index in [1.165, 1.54) is 32.2 Å². The van der Waals surface area contributed by atoms with Crippen molar-refractivity contribution in [2.75, 3.05) is 25.6 Å². The van der Waals surface area contributed by atoms with Gasteiger partial charge in [0.2, 0.25) is 15.9 Å². The molecule has 2 N–H and O–H groups in total. The van der Waals surface area contributed by atoms with Gasteiger partial charge in [-0.05, 0) is 38.0 Å². The van der Waals surface area contributed by atoms with Gasteiger partial charge in [-0.25, -0.2) is 13.1 Å². The van der Waals surface area contributed by atoms with Crippen LogP contribution in [0, 0.1) is 0 Å². The topological polar surface area (TPSA) is 93.7 Å². The highest BCUT2D eigenvalue weighted by Gasteiger charge is 2.23. The molecule has 1 amide bonds. The molecule has 1 aliphatic heterocycles. The van der Waals surface area contributed by atoms with E-state index >= 15 is 0 Å². The van der Waals surface area contributed by atoms with Gasteiger partial charge in [0.1, 0.15) is 11.1 Å². The molecule has 1 fully saturated rings. The maximum absolute atomic E-state index is 12.5. The van der Waals surface area contributed by atoms with Gasteiger partial charge in [0.05, 0.1) is 17.7 Å². The minimum absolute atomic E-state index is 0.0484. The number of sulfonamides is 1. The largest absolute Gasteiger partial charge is 0.495 e. The lowest BCUT2D eigenvalue weighted by molar-refractivity contribution is -0.115. The summed E-state index contributed by atoms with van der Waals surface area (Å²) in [6.07, 6.45) is 1.26. The molecule has 1 heterocycles. The molecule has 0 aliphatic carbocycles. The van der Waals surface area contributed by atoms with Crippen molar-refractivity contribution in [1.29, 1.82) is 0 Å². The number of nitrogens with one attached hydrogen (secondary N) is 2. The zero-order valence-corrected chi connectivity index (χ0v) is 15.1. The van der Waals surface area contributed by atoms with E-state index in [0.717, 1.165) is 0 Å². The summed E-state index contributed by atoms with van der Waals surface area (Å²) >= 11 is 5.74. The van der Waals surface area contributed by atoms with Crippen molar-refractivity contribution < 1.29 is 22.7 Å². The Morgan fingerprint density at radius 3 is 2.62 bits per heavy atom. The number of anilines is 1. The maximum Gasteiger partial charge on any atom is 0.242 e. The fraction of sp³-hybridized carbons (Fsp3) is 0.533. The van der Waals surface area contributed by atoms with Crippen molar-refractivity contribution in [3.63, 3.8) is 0 Å². The SMILES string of the molecule is COc1ccc(S(=O)(=O)NC2CCOCC2)cc1NC(=O)C(C)Cl. The fourth-order valence-corrected chi connectivity index (χ4v) is 3.67. The van der Waals surface area contributed by atoms with E-state index in [0.29, 0.717) is 31.8 Å². The van der Waals surface area contributed by atoms with Crippen LogP contribution in [0.2, 0.25) is 0 Å². The fourth-order valence-electron chi connectivity index (χ4n) is 2.29. The summed E-state index contributed by atoms with van der Waals surface area (Å²) in [5, 5.41) is 1.81. The molecule has 1 unspecified atom stereocenters. The van der Waals surface area contributed by atoms with Crippen LogP contribution >= 0.6 is 11.6 Å². The van der Waals surface area contributed by atoms with Crippen LogP contribution < -0.4 is 14.8 Å². The third-order valence-corrected chi connectivity index (χ3v) is 5.36. The first-order valence-corrected chi connectivity index (χ1v) is 9.48. The Morgan fingerprint density at radius 1 is 1.38 bits per heavy atom. The van der Waals surface area contributed by atoms with Crippen molar-refractivity contribution in [2.45, 2.75) is 36.1 Å². The van der Waals surface area contributed by atoms with Gasteiger partial charge in [0, 0.05) is 19.3 Å². The number of benzene rings is 1. The molecule has 1 saturated heterocycles. The van der Waals surface area contributed by atoms with Gasteiger partial charge < -0.3 is 14.8 Å². The molecule has 1 atom stereocenters. The highest BCUT2D eigenvalue weighted by molar-refractivity contribution is 7.89. The van der Waals surface area contributed by atoms with Crippen LogP contribution in [-0.2, 0) is 19.6 Å². The summed E-state index contributed by atoms with van der Waals surface area (Å²) in [6, 6.07) is 4.12. The number of hydrogen-bond acceptors (Lipinski definition) is 5. The summed E-state index contributed by atoms with van der Waals surface area (Å²) in [7, 11) is -2.27. The van der Waals surface area contributed by atoms with Gasteiger partial charge in [-0.2, -0.15) is 0 Å². The number of amides is 1. The molecule has 9 heteroatoms. The lowest BCUT2D eigenvalue weighted by atomic mass is 10.1. The number of ether oxygens (including phenoxy) is 2. The molecule has 1 aliphatic rings. The van der Waals surface area contributed by atoms with E-state index in [1.54, 1.807) is 0 Å². The molecule has 2 rings (SSSR count). The maximum atomic E-state index is 12.5. The minimum atomic E-state index is -3.71. The predicted molar refractivity (Wildman–Crippen MR) is 91.1 cm³/mol. The van der Waals surface area contributed by atoms with Crippen molar-refractivity contribution >= 4 is 33.2 Å². The molecule has 0 saturated carbocycles. The second-order valence-electron chi connectivity index (χ2n) is 5.48. The Bertz CT molecular complexity index is 687. The van der Waals surface area contributed by atoms with Crippen LogP contribution in [0.5, 0.6) is 5.75 Å². The molecule has 7 nitrogen and oxygen atoms in total. The van der Waals surface area contributed by atoms with Gasteiger partial charge in [-0.15, -0.1) is 11.6 Å². The number of carbonyl (C=O) groups is 1. The quantitative estimate of drug-likeness (QED) is 0.737. The molecule has 1 aromatic carbocycles. The van der Waals surface area contributed by atoms with Crippen molar-refractivity contribution in [3.05, 3.63) is 18.2 Å². The minimum Gasteiger partial charge on any atom is -0.495 e. The monoisotopic (exact) mass is 376 g/mol. The molecular formula is C15H21ClN2O5S. The number of methoxy groups -OCH3 is 1. The lowest BCUT2D eigenvalue weighted by Crippen LogP contribution is -2.38. The standard InChI is InChI=1S/C15H21ClN2O5S/c1-10(16)15(19)17-13-9-12(3-4-14(13)22-2)24(20,21)18-11-5-7-23-8-6-11/h3-4,9-11,18H,5-8H2,1-2H3,(H,17,19). The Kier molecular flexibility index (Phi) is 6.45. The van der Waals surface area contributed by atoms with Crippen LogP contribution in [0.4, 0.5) is 5.69 Å². The summed E-state index contributed by atoms with van der Waals surface area (Å²) in [4.78, 5) is 11.8. The molecule has 1 aromatic rings. The second-order valence-corrected chi connectivity index (χ2v) is 7.84. The molecule has 0 bridgehead atoms. The molecule has 0 radical (unpaired) electrons. The van der Waals surface area contributed by atoms with E-state index in [2.05, 4.69) is 10.0 Å². The molecule has 134 valence electrons. The average Bonchev–Trinajstić information content (AvgIpc) is 2.55. The first-order chi connectivity index (χ1) is 11.3. The Labute approximate surface area is 146 Å². The zero-order valence-electron chi connectivity index (χ0n) is 13.5. The number of rotatable bonds is 6. The van der Waals surface area contributed by atoms with Gasteiger partial charge in [-0.1, -0.05) is 0 Å². The van der Waals surface area contributed by atoms with Gasteiger partial charge >= 0.3 is 0 Å². The predicted octanol–water partition coefficient (Wildman–Crippen LogP) is 1.72. The summed E-state index contributed by atoms with van der Waals surface area (Å²) in [5.74, 6) is -0.0902. The highest BCUT2D eigenvalue weighted by Crippen LogP contribution is 2.28.